The third-order valence-corrected chi connectivity index (χ3v) is 6.21. The van der Waals surface area contributed by atoms with Gasteiger partial charge in [-0.05, 0) is 48.6 Å². The van der Waals surface area contributed by atoms with Crippen LogP contribution in [-0.4, -0.2) is 49.5 Å². The fraction of sp³-hybridized carbons (Fsp3) is 0.333. The highest BCUT2D eigenvalue weighted by Gasteiger charge is 2.12. The molecule has 2 aromatic carbocycles. The molecule has 1 saturated heterocycles. The standard InChI is InChI=1S/C21H24N4OS2/c27-21(22-10-3-11-25-12-14-26-15-13-25)23-17-8-6-16(7-9-17)20-24-18-4-1-2-5-19(18)28-20/h1-2,4-9H,3,10-15H2,(H2,22,23,27)/p+1. The van der Waals surface area contributed by atoms with E-state index in [1.165, 1.54) is 4.70 Å². The highest BCUT2D eigenvalue weighted by Crippen LogP contribution is 2.30. The second kappa shape index (κ2) is 9.43. The molecule has 3 N–H and O–H groups in total. The summed E-state index contributed by atoms with van der Waals surface area (Å²) >= 11 is 7.13. The summed E-state index contributed by atoms with van der Waals surface area (Å²) < 4.78 is 6.60. The van der Waals surface area contributed by atoms with E-state index >= 15 is 0 Å². The number of quaternary nitrogens is 1. The fourth-order valence-electron chi connectivity index (χ4n) is 3.32. The van der Waals surface area contributed by atoms with Crippen molar-refractivity contribution in [2.75, 3.05) is 44.7 Å². The molecule has 1 aromatic heterocycles. The summed E-state index contributed by atoms with van der Waals surface area (Å²) in [7, 11) is 0. The van der Waals surface area contributed by atoms with Gasteiger partial charge in [0.15, 0.2) is 5.11 Å². The van der Waals surface area contributed by atoms with E-state index in [2.05, 4.69) is 34.9 Å². The van der Waals surface area contributed by atoms with Crippen LogP contribution in [0.25, 0.3) is 20.8 Å². The Kier molecular flexibility index (Phi) is 6.49. The molecule has 1 aliphatic rings. The van der Waals surface area contributed by atoms with Gasteiger partial charge < -0.3 is 20.3 Å². The van der Waals surface area contributed by atoms with Crippen molar-refractivity contribution in [2.45, 2.75) is 6.42 Å². The first-order chi connectivity index (χ1) is 13.8. The average Bonchev–Trinajstić information content (AvgIpc) is 3.17. The summed E-state index contributed by atoms with van der Waals surface area (Å²) in [6, 6.07) is 16.5. The van der Waals surface area contributed by atoms with E-state index < -0.39 is 0 Å². The molecular formula is C21H25N4OS2+. The zero-order chi connectivity index (χ0) is 19.2. The van der Waals surface area contributed by atoms with Crippen molar-refractivity contribution in [3.05, 3.63) is 48.5 Å². The van der Waals surface area contributed by atoms with Gasteiger partial charge in [-0.3, -0.25) is 0 Å². The normalized spacial score (nSPS) is 14.9. The molecule has 0 bridgehead atoms. The van der Waals surface area contributed by atoms with E-state index in [1.54, 1.807) is 16.2 Å². The van der Waals surface area contributed by atoms with Crippen LogP contribution in [0.1, 0.15) is 6.42 Å². The maximum absolute atomic E-state index is 5.42. The first kappa shape index (κ1) is 19.3. The minimum Gasteiger partial charge on any atom is -0.370 e. The number of morpholine rings is 1. The fourth-order valence-corrected chi connectivity index (χ4v) is 4.51. The number of nitrogens with zero attached hydrogens (tertiary/aromatic N) is 1. The molecule has 0 saturated carbocycles. The molecule has 5 nitrogen and oxygen atoms in total. The summed E-state index contributed by atoms with van der Waals surface area (Å²) in [6.07, 6.45) is 1.10. The number of hydrogen-bond acceptors (Lipinski definition) is 4. The van der Waals surface area contributed by atoms with Gasteiger partial charge in [0.2, 0.25) is 0 Å². The predicted octanol–water partition coefficient (Wildman–Crippen LogP) is 2.55. The SMILES string of the molecule is S=C(NCCC[NH+]1CCOCC1)Nc1ccc(-c2nc3ccccc3s2)cc1. The Bertz CT molecular complexity index is 887. The topological polar surface area (TPSA) is 50.6 Å². The molecule has 0 amide bonds. The lowest BCUT2D eigenvalue weighted by atomic mass is 10.2. The monoisotopic (exact) mass is 413 g/mol. The van der Waals surface area contributed by atoms with Crippen molar-refractivity contribution in [1.29, 1.82) is 0 Å². The molecule has 0 aliphatic carbocycles. The van der Waals surface area contributed by atoms with E-state index in [9.17, 15) is 0 Å². The summed E-state index contributed by atoms with van der Waals surface area (Å²) in [4.78, 5) is 6.33. The van der Waals surface area contributed by atoms with Crippen molar-refractivity contribution in [3.63, 3.8) is 0 Å². The van der Waals surface area contributed by atoms with E-state index in [4.69, 9.17) is 21.9 Å². The molecule has 7 heteroatoms. The number of anilines is 1. The number of nitrogens with one attached hydrogen (secondary N) is 3. The Morgan fingerprint density at radius 1 is 1.11 bits per heavy atom. The summed E-state index contributed by atoms with van der Waals surface area (Å²) in [5.74, 6) is 0. The molecule has 0 spiro atoms. The van der Waals surface area contributed by atoms with Gasteiger partial charge >= 0.3 is 0 Å². The number of fused-ring (bicyclic) bond motifs is 1. The van der Waals surface area contributed by atoms with E-state index in [1.807, 2.05) is 24.3 Å². The molecule has 0 radical (unpaired) electrons. The molecular weight excluding hydrogens is 388 g/mol. The molecule has 146 valence electrons. The van der Waals surface area contributed by atoms with E-state index in [-0.39, 0.29) is 0 Å². The molecule has 0 unspecified atom stereocenters. The number of para-hydroxylation sites is 1. The van der Waals surface area contributed by atoms with Crippen molar-refractivity contribution < 1.29 is 9.64 Å². The van der Waals surface area contributed by atoms with Gasteiger partial charge in [-0.1, -0.05) is 12.1 Å². The first-order valence-electron chi connectivity index (χ1n) is 9.70. The van der Waals surface area contributed by atoms with Crippen LogP contribution >= 0.6 is 23.6 Å². The number of rotatable bonds is 6. The Morgan fingerprint density at radius 2 is 1.89 bits per heavy atom. The lowest BCUT2D eigenvalue weighted by molar-refractivity contribution is -0.908. The van der Waals surface area contributed by atoms with Gasteiger partial charge in [-0.15, -0.1) is 11.3 Å². The van der Waals surface area contributed by atoms with Crippen LogP contribution in [0.2, 0.25) is 0 Å². The summed E-state index contributed by atoms with van der Waals surface area (Å²) in [6.45, 7) is 6.05. The van der Waals surface area contributed by atoms with Gasteiger partial charge in [0, 0.05) is 24.2 Å². The number of hydrogen-bond donors (Lipinski definition) is 3. The van der Waals surface area contributed by atoms with Crippen molar-refractivity contribution in [3.8, 4) is 10.6 Å². The Labute approximate surface area is 174 Å². The quantitative estimate of drug-likeness (QED) is 0.428. The molecule has 4 rings (SSSR count). The molecule has 0 atom stereocenters. The number of aromatic nitrogens is 1. The van der Waals surface area contributed by atoms with E-state index in [0.717, 1.165) is 67.6 Å². The van der Waals surface area contributed by atoms with Gasteiger partial charge in [0.05, 0.1) is 30.0 Å². The van der Waals surface area contributed by atoms with Crippen LogP contribution in [0.3, 0.4) is 0 Å². The van der Waals surface area contributed by atoms with Crippen molar-refractivity contribution >= 4 is 44.6 Å². The van der Waals surface area contributed by atoms with Gasteiger partial charge in [-0.25, -0.2) is 4.98 Å². The molecule has 2 heterocycles. The van der Waals surface area contributed by atoms with Crippen LogP contribution in [0.5, 0.6) is 0 Å². The van der Waals surface area contributed by atoms with Crippen molar-refractivity contribution in [2.24, 2.45) is 0 Å². The third kappa shape index (κ3) is 5.05. The minimum absolute atomic E-state index is 0.671. The highest BCUT2D eigenvalue weighted by atomic mass is 32.1. The van der Waals surface area contributed by atoms with Crippen LogP contribution in [0.4, 0.5) is 5.69 Å². The molecule has 1 fully saturated rings. The first-order valence-corrected chi connectivity index (χ1v) is 10.9. The molecule has 1 aliphatic heterocycles. The number of ether oxygens (including phenoxy) is 1. The van der Waals surface area contributed by atoms with Gasteiger partial charge in [0.1, 0.15) is 18.1 Å². The third-order valence-electron chi connectivity index (χ3n) is 4.88. The number of benzene rings is 2. The summed E-state index contributed by atoms with van der Waals surface area (Å²) in [5, 5.41) is 8.27. The number of thiocarbonyl (C=S) groups is 1. The van der Waals surface area contributed by atoms with Gasteiger partial charge in [-0.2, -0.15) is 0 Å². The van der Waals surface area contributed by atoms with Crippen LogP contribution in [-0.2, 0) is 4.74 Å². The second-order valence-electron chi connectivity index (χ2n) is 6.91. The second-order valence-corrected chi connectivity index (χ2v) is 8.35. The number of thiazole rings is 1. The van der Waals surface area contributed by atoms with Gasteiger partial charge in [0.25, 0.3) is 0 Å². The maximum atomic E-state index is 5.42. The van der Waals surface area contributed by atoms with Crippen LogP contribution in [0.15, 0.2) is 48.5 Å². The average molecular weight is 414 g/mol. The minimum atomic E-state index is 0.671. The zero-order valence-electron chi connectivity index (χ0n) is 15.7. The zero-order valence-corrected chi connectivity index (χ0v) is 17.4. The van der Waals surface area contributed by atoms with Crippen LogP contribution < -0.4 is 15.5 Å². The maximum Gasteiger partial charge on any atom is 0.170 e. The Morgan fingerprint density at radius 3 is 2.68 bits per heavy atom. The Balaban J connectivity index is 1.25. The largest absolute Gasteiger partial charge is 0.370 e. The Hall–Kier alpha value is -2.06. The predicted molar refractivity (Wildman–Crippen MR) is 120 cm³/mol. The lowest BCUT2D eigenvalue weighted by Gasteiger charge is -2.23. The van der Waals surface area contributed by atoms with Crippen molar-refractivity contribution in [1.82, 2.24) is 10.3 Å². The highest BCUT2D eigenvalue weighted by molar-refractivity contribution is 7.80. The lowest BCUT2D eigenvalue weighted by Crippen LogP contribution is -3.14. The van der Waals surface area contributed by atoms with Crippen LogP contribution in [0, 0.1) is 0 Å². The molecule has 28 heavy (non-hydrogen) atoms. The summed E-state index contributed by atoms with van der Waals surface area (Å²) in [5.41, 5.74) is 3.16. The molecule has 3 aromatic rings. The smallest absolute Gasteiger partial charge is 0.170 e. The van der Waals surface area contributed by atoms with E-state index in [0.29, 0.717) is 5.11 Å².